The molecule has 0 aliphatic rings. The Morgan fingerprint density at radius 2 is 1.57 bits per heavy atom. The lowest BCUT2D eigenvalue weighted by atomic mass is 10.0. The van der Waals surface area contributed by atoms with Gasteiger partial charge < -0.3 is 14.6 Å². The number of hydrogen-bond acceptors (Lipinski definition) is 5. The summed E-state index contributed by atoms with van der Waals surface area (Å²) in [5.41, 5.74) is 2.35. The van der Waals surface area contributed by atoms with E-state index < -0.39 is 17.7 Å². The number of halogens is 3. The van der Waals surface area contributed by atoms with E-state index in [1.165, 1.54) is 24.8 Å². The summed E-state index contributed by atoms with van der Waals surface area (Å²) in [4.78, 5) is 18.7. The zero-order valence-corrected chi connectivity index (χ0v) is 20.0. The zero-order valence-electron chi connectivity index (χ0n) is 20.0. The Balaban J connectivity index is 1.61. The van der Waals surface area contributed by atoms with Crippen molar-refractivity contribution in [2.45, 2.75) is 32.9 Å². The van der Waals surface area contributed by atoms with Gasteiger partial charge >= 0.3 is 12.1 Å². The highest BCUT2D eigenvalue weighted by Gasteiger charge is 2.31. The number of benzene rings is 3. The van der Waals surface area contributed by atoms with Crippen LogP contribution in [0, 0.1) is 13.8 Å². The Hall–Kier alpha value is -4.40. The maximum absolute atomic E-state index is 13.4. The number of ether oxygens (including phenoxy) is 2. The molecule has 1 heterocycles. The standard InChI is InChI=1S/C28H23F3N2O4/c1-17-3-7-23(36-22-8-4-19(18(2)11-22)5-10-27(34)35)13-26(17)37-25-9-6-21(28(29,30)31)12-24(25)20-14-32-16-33-15-20/h3-4,6-9,11-16H,5,10H2,1-2H3,(H,34,35). The number of alkyl halides is 3. The fourth-order valence-electron chi connectivity index (χ4n) is 3.72. The Morgan fingerprint density at radius 1 is 0.865 bits per heavy atom. The van der Waals surface area contributed by atoms with Crippen molar-refractivity contribution >= 4 is 5.97 Å². The van der Waals surface area contributed by atoms with Gasteiger partial charge in [-0.1, -0.05) is 12.1 Å². The Bertz CT molecular complexity index is 1420. The number of aromatic nitrogens is 2. The zero-order chi connectivity index (χ0) is 26.6. The van der Waals surface area contributed by atoms with Gasteiger partial charge in [-0.25, -0.2) is 9.97 Å². The second-order valence-electron chi connectivity index (χ2n) is 8.45. The van der Waals surface area contributed by atoms with Crippen molar-refractivity contribution in [1.82, 2.24) is 9.97 Å². The number of nitrogens with zero attached hydrogens (tertiary/aromatic N) is 2. The first kappa shape index (κ1) is 25.7. The van der Waals surface area contributed by atoms with E-state index >= 15 is 0 Å². The highest BCUT2D eigenvalue weighted by molar-refractivity contribution is 5.71. The topological polar surface area (TPSA) is 81.5 Å². The molecular formula is C28H23F3N2O4. The molecule has 190 valence electrons. The van der Waals surface area contributed by atoms with Crippen LogP contribution in [0.4, 0.5) is 13.2 Å². The number of rotatable bonds is 8. The molecule has 4 rings (SSSR count). The molecule has 1 aromatic heterocycles. The number of aryl methyl sites for hydroxylation is 3. The normalized spacial score (nSPS) is 11.3. The summed E-state index contributed by atoms with van der Waals surface area (Å²) in [6.45, 7) is 3.70. The number of hydrogen-bond donors (Lipinski definition) is 1. The maximum atomic E-state index is 13.4. The first-order valence-electron chi connectivity index (χ1n) is 11.3. The van der Waals surface area contributed by atoms with Crippen LogP contribution in [0.1, 0.15) is 28.7 Å². The lowest BCUT2D eigenvalue weighted by Crippen LogP contribution is -2.05. The van der Waals surface area contributed by atoms with E-state index in [1.807, 2.05) is 26.0 Å². The van der Waals surface area contributed by atoms with Gasteiger partial charge in [-0.3, -0.25) is 4.79 Å². The minimum absolute atomic E-state index is 0.0424. The van der Waals surface area contributed by atoms with Crippen molar-refractivity contribution < 1.29 is 32.5 Å². The highest BCUT2D eigenvalue weighted by Crippen LogP contribution is 2.40. The van der Waals surface area contributed by atoms with Gasteiger partial charge in [-0.05, 0) is 73.4 Å². The molecular weight excluding hydrogens is 485 g/mol. The quantitative estimate of drug-likeness (QED) is 0.267. The van der Waals surface area contributed by atoms with Gasteiger partial charge in [-0.2, -0.15) is 13.2 Å². The van der Waals surface area contributed by atoms with Crippen LogP contribution in [0.2, 0.25) is 0 Å². The lowest BCUT2D eigenvalue weighted by molar-refractivity contribution is -0.138. The highest BCUT2D eigenvalue weighted by atomic mass is 19.4. The van der Waals surface area contributed by atoms with Gasteiger partial charge in [0.1, 0.15) is 29.3 Å². The van der Waals surface area contributed by atoms with Crippen LogP contribution < -0.4 is 9.47 Å². The van der Waals surface area contributed by atoms with E-state index in [0.29, 0.717) is 29.2 Å². The van der Waals surface area contributed by atoms with E-state index in [0.717, 1.165) is 28.8 Å². The van der Waals surface area contributed by atoms with Gasteiger partial charge in [0.2, 0.25) is 0 Å². The fraction of sp³-hybridized carbons (Fsp3) is 0.179. The monoisotopic (exact) mass is 508 g/mol. The molecule has 0 amide bonds. The van der Waals surface area contributed by atoms with E-state index in [1.54, 1.807) is 24.3 Å². The lowest BCUT2D eigenvalue weighted by Gasteiger charge is -2.16. The third-order valence-corrected chi connectivity index (χ3v) is 5.72. The van der Waals surface area contributed by atoms with Crippen LogP contribution in [-0.2, 0) is 17.4 Å². The van der Waals surface area contributed by atoms with Crippen molar-refractivity contribution in [3.05, 3.63) is 95.6 Å². The Morgan fingerprint density at radius 3 is 2.24 bits per heavy atom. The predicted octanol–water partition coefficient (Wildman–Crippen LogP) is 7.38. The predicted molar refractivity (Wildman–Crippen MR) is 131 cm³/mol. The molecule has 0 aliphatic carbocycles. The van der Waals surface area contributed by atoms with E-state index in [2.05, 4.69) is 9.97 Å². The first-order chi connectivity index (χ1) is 17.6. The summed E-state index contributed by atoms with van der Waals surface area (Å²) in [5.74, 6) is 0.785. The van der Waals surface area contributed by atoms with Crippen LogP contribution in [-0.4, -0.2) is 21.0 Å². The van der Waals surface area contributed by atoms with Gasteiger partial charge in [-0.15, -0.1) is 0 Å². The molecule has 4 aromatic rings. The number of carbonyl (C=O) groups is 1. The van der Waals surface area contributed by atoms with Crippen molar-refractivity contribution in [3.8, 4) is 34.1 Å². The number of carboxylic acids is 1. The van der Waals surface area contributed by atoms with Crippen molar-refractivity contribution in [3.63, 3.8) is 0 Å². The minimum Gasteiger partial charge on any atom is -0.481 e. The molecule has 0 fully saturated rings. The van der Waals surface area contributed by atoms with Crippen LogP contribution in [0.25, 0.3) is 11.1 Å². The van der Waals surface area contributed by atoms with Gasteiger partial charge in [0.05, 0.1) is 5.56 Å². The molecule has 0 aliphatic heterocycles. The van der Waals surface area contributed by atoms with Crippen LogP contribution >= 0.6 is 0 Å². The van der Waals surface area contributed by atoms with Crippen molar-refractivity contribution in [1.29, 1.82) is 0 Å². The average molecular weight is 508 g/mol. The Labute approximate surface area is 211 Å². The fourth-order valence-corrected chi connectivity index (χ4v) is 3.72. The minimum atomic E-state index is -4.52. The molecule has 0 unspecified atom stereocenters. The first-order valence-corrected chi connectivity index (χ1v) is 11.3. The molecule has 0 atom stereocenters. The van der Waals surface area contributed by atoms with Crippen molar-refractivity contribution in [2.24, 2.45) is 0 Å². The number of aliphatic carboxylic acids is 1. The van der Waals surface area contributed by atoms with E-state index in [9.17, 15) is 18.0 Å². The second kappa shape index (κ2) is 10.7. The number of carboxylic acid groups (broad SMARTS) is 1. The molecule has 0 spiro atoms. The molecule has 0 saturated carbocycles. The molecule has 6 nitrogen and oxygen atoms in total. The van der Waals surface area contributed by atoms with Gasteiger partial charge in [0.15, 0.2) is 0 Å². The maximum Gasteiger partial charge on any atom is 0.416 e. The van der Waals surface area contributed by atoms with Crippen LogP contribution in [0.5, 0.6) is 23.0 Å². The molecule has 0 bridgehead atoms. The molecule has 0 saturated heterocycles. The van der Waals surface area contributed by atoms with Gasteiger partial charge in [0.25, 0.3) is 0 Å². The third-order valence-electron chi connectivity index (χ3n) is 5.72. The van der Waals surface area contributed by atoms with Crippen LogP contribution in [0.15, 0.2) is 73.3 Å². The average Bonchev–Trinajstić information content (AvgIpc) is 2.85. The summed E-state index contributed by atoms with van der Waals surface area (Å²) in [5, 5.41) is 8.91. The molecule has 37 heavy (non-hydrogen) atoms. The molecule has 3 aromatic carbocycles. The third kappa shape index (κ3) is 6.43. The molecule has 9 heteroatoms. The van der Waals surface area contributed by atoms with E-state index in [4.69, 9.17) is 14.6 Å². The molecule has 1 N–H and O–H groups in total. The largest absolute Gasteiger partial charge is 0.481 e. The van der Waals surface area contributed by atoms with Crippen molar-refractivity contribution in [2.75, 3.05) is 0 Å². The smallest absolute Gasteiger partial charge is 0.416 e. The van der Waals surface area contributed by atoms with Gasteiger partial charge in [0, 0.05) is 36.0 Å². The summed E-state index contributed by atoms with van der Waals surface area (Å²) in [6, 6.07) is 13.9. The molecule has 0 radical (unpaired) electrons. The summed E-state index contributed by atoms with van der Waals surface area (Å²) < 4.78 is 52.2. The van der Waals surface area contributed by atoms with E-state index in [-0.39, 0.29) is 17.7 Å². The SMILES string of the molecule is Cc1cc(Oc2ccc(C)c(Oc3ccc(C(F)(F)F)cc3-c3cncnc3)c2)ccc1CCC(=O)O. The summed E-state index contributed by atoms with van der Waals surface area (Å²) in [6.07, 6.45) is 0.0813. The van der Waals surface area contributed by atoms with Crippen LogP contribution in [0.3, 0.4) is 0 Å². The second-order valence-corrected chi connectivity index (χ2v) is 8.45. The Kier molecular flexibility index (Phi) is 7.42. The summed E-state index contributed by atoms with van der Waals surface area (Å²) in [7, 11) is 0. The summed E-state index contributed by atoms with van der Waals surface area (Å²) >= 11 is 0.